The van der Waals surface area contributed by atoms with Crippen molar-refractivity contribution in [3.8, 4) is 22.9 Å². The number of nitro groups is 1. The molecule has 0 amide bonds. The number of aromatic nitrogens is 2. The lowest BCUT2D eigenvalue weighted by Crippen LogP contribution is -2.42. The molecule has 4 aromatic rings. The van der Waals surface area contributed by atoms with E-state index in [0.29, 0.717) is 6.07 Å². The number of alkyl halides is 3. The minimum Gasteiger partial charge on any atom is -0.485 e. The second-order valence-corrected chi connectivity index (χ2v) is 8.23. The number of nitro benzene ring substituents is 1. The van der Waals surface area contributed by atoms with E-state index in [2.05, 4.69) is 0 Å². The molecule has 3 aromatic carbocycles. The van der Waals surface area contributed by atoms with E-state index in [9.17, 15) is 37.3 Å². The Morgan fingerprint density at radius 2 is 1.59 bits per heavy atom. The summed E-state index contributed by atoms with van der Waals surface area (Å²) in [6.45, 7) is -2.06. The molecule has 0 atom stereocenters. The van der Waals surface area contributed by atoms with Crippen LogP contribution in [0.15, 0.2) is 82.4 Å². The maximum absolute atomic E-state index is 15.0. The highest BCUT2D eigenvalue weighted by molar-refractivity contribution is 5.56. The first-order valence-corrected chi connectivity index (χ1v) is 11.2. The second kappa shape index (κ2) is 10.8. The highest BCUT2D eigenvalue weighted by Crippen LogP contribution is 2.38. The fourth-order valence-corrected chi connectivity index (χ4v) is 3.70. The van der Waals surface area contributed by atoms with Gasteiger partial charge in [0.2, 0.25) is 5.75 Å². The average Bonchev–Trinajstić information content (AvgIpc) is 2.92. The van der Waals surface area contributed by atoms with Crippen LogP contribution >= 0.6 is 0 Å². The van der Waals surface area contributed by atoms with Gasteiger partial charge in [-0.05, 0) is 17.7 Å². The molecule has 9 nitrogen and oxygen atoms in total. The fourth-order valence-electron chi connectivity index (χ4n) is 3.70. The maximum Gasteiger partial charge on any atom is 0.335 e. The Balaban J connectivity index is 1.80. The van der Waals surface area contributed by atoms with Crippen LogP contribution < -0.4 is 20.7 Å². The molecule has 0 aliphatic heterocycles. The Morgan fingerprint density at radius 1 is 0.949 bits per heavy atom. The number of rotatable bonds is 9. The molecule has 39 heavy (non-hydrogen) atoms. The van der Waals surface area contributed by atoms with Crippen LogP contribution in [0.4, 0.5) is 23.2 Å². The van der Waals surface area contributed by atoms with Gasteiger partial charge in [-0.3, -0.25) is 19.5 Å². The van der Waals surface area contributed by atoms with Crippen molar-refractivity contribution in [1.82, 2.24) is 9.13 Å². The van der Waals surface area contributed by atoms with Crippen LogP contribution in [-0.4, -0.2) is 20.7 Å². The van der Waals surface area contributed by atoms with Crippen molar-refractivity contribution in [3.05, 3.63) is 121 Å². The summed E-state index contributed by atoms with van der Waals surface area (Å²) in [5.41, 5.74) is -4.90. The molecular weight excluding hydrogens is 526 g/mol. The predicted octanol–water partition coefficient (Wildman–Crippen LogP) is 5.02. The molecule has 0 bridgehead atoms. The minimum absolute atomic E-state index is 0.00715. The highest BCUT2D eigenvalue weighted by atomic mass is 19.3. The molecule has 0 N–H and O–H groups in total. The number of hydrogen-bond donors (Lipinski definition) is 0. The zero-order valence-electron chi connectivity index (χ0n) is 20.1. The quantitative estimate of drug-likeness (QED) is 0.166. The number of benzene rings is 3. The molecule has 0 saturated carbocycles. The molecule has 4 rings (SSSR count). The summed E-state index contributed by atoms with van der Waals surface area (Å²) < 4.78 is 67.6. The van der Waals surface area contributed by atoms with Gasteiger partial charge < -0.3 is 9.47 Å². The van der Waals surface area contributed by atoms with Crippen molar-refractivity contribution >= 4 is 5.69 Å². The number of para-hydroxylation sites is 2. The lowest BCUT2D eigenvalue weighted by atomic mass is 10.2. The van der Waals surface area contributed by atoms with Crippen molar-refractivity contribution in [2.45, 2.75) is 12.5 Å². The summed E-state index contributed by atoms with van der Waals surface area (Å²) in [6.07, 6.45) is 0. The monoisotopic (exact) mass is 545 g/mol. The summed E-state index contributed by atoms with van der Waals surface area (Å²) >= 11 is 0. The number of hydrogen-bond acceptors (Lipinski definition) is 6. The molecule has 0 saturated heterocycles. The molecule has 0 unspecified atom stereocenters. The second-order valence-electron chi connectivity index (χ2n) is 8.23. The summed E-state index contributed by atoms with van der Waals surface area (Å²) in [6, 6.07) is 16.6. The fraction of sp³-hybridized carbons (Fsp3) is 0.154. The summed E-state index contributed by atoms with van der Waals surface area (Å²) in [4.78, 5) is 36.1. The van der Waals surface area contributed by atoms with Crippen molar-refractivity contribution < 1.29 is 32.0 Å². The Hall–Kier alpha value is -4.94. The van der Waals surface area contributed by atoms with Gasteiger partial charge in [0.15, 0.2) is 24.0 Å². The Labute approximate surface area is 217 Å². The van der Waals surface area contributed by atoms with Gasteiger partial charge in [-0.2, -0.15) is 8.78 Å². The van der Waals surface area contributed by atoms with E-state index in [1.807, 2.05) is 30.3 Å². The Kier molecular flexibility index (Phi) is 7.51. The molecule has 202 valence electrons. The van der Waals surface area contributed by atoms with Gasteiger partial charge in [0, 0.05) is 19.2 Å². The van der Waals surface area contributed by atoms with Gasteiger partial charge in [-0.1, -0.05) is 42.5 Å². The van der Waals surface area contributed by atoms with E-state index in [4.69, 9.17) is 9.47 Å². The zero-order valence-corrected chi connectivity index (χ0v) is 20.1. The third-order valence-corrected chi connectivity index (χ3v) is 5.63. The van der Waals surface area contributed by atoms with Crippen molar-refractivity contribution in [2.24, 2.45) is 7.05 Å². The van der Waals surface area contributed by atoms with Crippen LogP contribution in [0.1, 0.15) is 11.3 Å². The molecule has 1 heterocycles. The van der Waals surface area contributed by atoms with Gasteiger partial charge in [0.1, 0.15) is 6.61 Å². The zero-order chi connectivity index (χ0) is 28.3. The standard InChI is InChI=1S/C26H19F4N3O6/c1-31-23(26(29,30)15-27)13-24(34)32(25(31)35)18-12-22(19(33(36)37)11-17(18)28)39-21-10-6-5-9-20(21)38-14-16-7-3-2-4-8-16/h2-13H,14-15H2,1H3. The van der Waals surface area contributed by atoms with Crippen molar-refractivity contribution in [3.63, 3.8) is 0 Å². The normalized spacial score (nSPS) is 11.3. The van der Waals surface area contributed by atoms with Gasteiger partial charge in [0.05, 0.1) is 22.4 Å². The van der Waals surface area contributed by atoms with Crippen molar-refractivity contribution in [2.75, 3.05) is 6.67 Å². The topological polar surface area (TPSA) is 106 Å². The number of nitrogens with zero attached hydrogens (tertiary/aromatic N) is 3. The highest BCUT2D eigenvalue weighted by Gasteiger charge is 2.36. The largest absolute Gasteiger partial charge is 0.485 e. The lowest BCUT2D eigenvalue weighted by molar-refractivity contribution is -0.385. The molecule has 0 radical (unpaired) electrons. The molecule has 13 heteroatoms. The van der Waals surface area contributed by atoms with Crippen LogP contribution in [0, 0.1) is 15.9 Å². The van der Waals surface area contributed by atoms with Crippen molar-refractivity contribution in [1.29, 1.82) is 0 Å². The van der Waals surface area contributed by atoms with Gasteiger partial charge in [-0.25, -0.2) is 18.1 Å². The third-order valence-electron chi connectivity index (χ3n) is 5.63. The third kappa shape index (κ3) is 5.51. The SMILES string of the molecule is Cn1c(C(F)(F)CF)cc(=O)n(-c2cc(Oc3ccccc3OCc3ccccc3)c([N+](=O)[O-])cc2F)c1=O. The first kappa shape index (κ1) is 27.1. The van der Waals surface area contributed by atoms with Crippen LogP contribution in [0.5, 0.6) is 17.2 Å². The van der Waals surface area contributed by atoms with Gasteiger partial charge in [0.25, 0.3) is 5.56 Å². The summed E-state index contributed by atoms with van der Waals surface area (Å²) in [7, 11) is 0.845. The Bertz CT molecular complexity index is 1650. The summed E-state index contributed by atoms with van der Waals surface area (Å²) in [5, 5.41) is 11.7. The number of ether oxygens (including phenoxy) is 2. The molecule has 0 spiro atoms. The maximum atomic E-state index is 15.0. The molecule has 0 aliphatic rings. The van der Waals surface area contributed by atoms with E-state index in [0.717, 1.165) is 18.7 Å². The Morgan fingerprint density at radius 3 is 2.23 bits per heavy atom. The molecule has 1 aromatic heterocycles. The van der Waals surface area contributed by atoms with E-state index < -0.39 is 57.4 Å². The molecular formula is C26H19F4N3O6. The van der Waals surface area contributed by atoms with E-state index in [-0.39, 0.29) is 33.3 Å². The van der Waals surface area contributed by atoms with Crippen LogP contribution in [0.2, 0.25) is 0 Å². The number of halogens is 4. The summed E-state index contributed by atoms with van der Waals surface area (Å²) in [5.74, 6) is -5.94. The molecule has 0 aliphatic carbocycles. The van der Waals surface area contributed by atoms with E-state index in [1.165, 1.54) is 12.1 Å². The van der Waals surface area contributed by atoms with E-state index in [1.54, 1.807) is 12.1 Å². The van der Waals surface area contributed by atoms with E-state index >= 15 is 0 Å². The van der Waals surface area contributed by atoms with Gasteiger partial charge >= 0.3 is 17.3 Å². The van der Waals surface area contributed by atoms with Gasteiger partial charge in [-0.15, -0.1) is 0 Å². The minimum atomic E-state index is -4.15. The smallest absolute Gasteiger partial charge is 0.335 e. The van der Waals surface area contributed by atoms with Crippen LogP contribution in [-0.2, 0) is 19.6 Å². The first-order valence-electron chi connectivity index (χ1n) is 11.2. The average molecular weight is 545 g/mol. The predicted molar refractivity (Wildman–Crippen MR) is 131 cm³/mol. The van der Waals surface area contributed by atoms with Crippen LogP contribution in [0.25, 0.3) is 5.69 Å². The molecule has 0 fully saturated rings. The lowest BCUT2D eigenvalue weighted by Gasteiger charge is -2.18. The first-order chi connectivity index (χ1) is 18.5. The van der Waals surface area contributed by atoms with Crippen LogP contribution in [0.3, 0.4) is 0 Å².